The van der Waals surface area contributed by atoms with Crippen molar-refractivity contribution in [2.75, 3.05) is 18.4 Å². The molecule has 0 radical (unpaired) electrons. The number of nitrogens with one attached hydrogen (secondary N) is 1. The number of amides is 1. The summed E-state index contributed by atoms with van der Waals surface area (Å²) in [5, 5.41) is 28.4. The fourth-order valence-electron chi connectivity index (χ4n) is 5.30. The number of quaternary nitrogens is 1. The monoisotopic (exact) mass is 596 g/mol. The van der Waals surface area contributed by atoms with Crippen molar-refractivity contribution in [2.24, 2.45) is 5.92 Å². The standard InChI is InChI=1S/C30H30F6N2O4/c1-19(2)42-27(39)37-25-11-13-26(14-12-25)38(41)17-15-22(16-18-38)28(40,20-3-7-23(8-4-20)29(31,32)33)21-5-9-24(10-6-21)30(34,35)36/h3-14,19,22,40H,15-18H2,1-2H3,(H,37,39). The van der Waals surface area contributed by atoms with E-state index in [1.54, 1.807) is 38.1 Å². The first-order valence-electron chi connectivity index (χ1n) is 13.3. The zero-order valence-electron chi connectivity index (χ0n) is 22.8. The first-order chi connectivity index (χ1) is 19.5. The normalized spacial score (nSPS) is 19.9. The number of nitrogens with zero attached hydrogens (tertiary/aromatic N) is 1. The number of carbonyl (C=O) groups is 1. The Bertz CT molecular complexity index is 1310. The van der Waals surface area contributed by atoms with Gasteiger partial charge in [-0.25, -0.2) is 4.79 Å². The van der Waals surface area contributed by atoms with Gasteiger partial charge < -0.3 is 19.7 Å². The van der Waals surface area contributed by atoms with Crippen LogP contribution in [0.2, 0.25) is 0 Å². The maximum absolute atomic E-state index is 13.8. The number of aliphatic hydroxyl groups is 1. The molecule has 1 amide bonds. The van der Waals surface area contributed by atoms with Crippen LogP contribution in [0.5, 0.6) is 0 Å². The van der Waals surface area contributed by atoms with Crippen LogP contribution in [-0.4, -0.2) is 30.4 Å². The van der Waals surface area contributed by atoms with Gasteiger partial charge in [-0.05, 0) is 61.4 Å². The number of piperidine rings is 1. The number of rotatable bonds is 6. The molecule has 0 aromatic heterocycles. The van der Waals surface area contributed by atoms with Crippen LogP contribution in [-0.2, 0) is 22.7 Å². The molecule has 0 atom stereocenters. The number of hydrogen-bond donors (Lipinski definition) is 2. The van der Waals surface area contributed by atoms with Crippen molar-refractivity contribution < 1.29 is 41.0 Å². The van der Waals surface area contributed by atoms with E-state index in [0.29, 0.717) is 11.4 Å². The molecule has 0 unspecified atom stereocenters. The third-order valence-electron chi connectivity index (χ3n) is 7.50. The van der Waals surface area contributed by atoms with E-state index in [0.717, 1.165) is 48.5 Å². The van der Waals surface area contributed by atoms with Gasteiger partial charge in [0.25, 0.3) is 0 Å². The Morgan fingerprint density at radius 2 is 1.21 bits per heavy atom. The second kappa shape index (κ2) is 11.6. The number of ether oxygens (including phenoxy) is 1. The Labute approximate surface area is 238 Å². The molecule has 1 heterocycles. The summed E-state index contributed by atoms with van der Waals surface area (Å²) in [6, 6.07) is 14.0. The summed E-state index contributed by atoms with van der Waals surface area (Å²) < 4.78 is 83.5. The van der Waals surface area contributed by atoms with Crippen LogP contribution >= 0.6 is 0 Å². The summed E-state index contributed by atoms with van der Waals surface area (Å²) in [5.74, 6) is -0.682. The minimum absolute atomic E-state index is 0.00356. The van der Waals surface area contributed by atoms with E-state index in [9.17, 15) is 41.5 Å². The summed E-state index contributed by atoms with van der Waals surface area (Å²) in [7, 11) is 0. The van der Waals surface area contributed by atoms with Gasteiger partial charge in [-0.2, -0.15) is 26.3 Å². The molecule has 1 fully saturated rings. The predicted octanol–water partition coefficient (Wildman–Crippen LogP) is 7.83. The molecule has 0 aliphatic carbocycles. The second-order valence-corrected chi connectivity index (χ2v) is 10.7. The van der Waals surface area contributed by atoms with E-state index in [4.69, 9.17) is 4.74 Å². The first kappa shape index (κ1) is 31.3. The van der Waals surface area contributed by atoms with Gasteiger partial charge in [0.15, 0.2) is 0 Å². The second-order valence-electron chi connectivity index (χ2n) is 10.7. The predicted molar refractivity (Wildman–Crippen MR) is 145 cm³/mol. The molecular weight excluding hydrogens is 566 g/mol. The van der Waals surface area contributed by atoms with Gasteiger partial charge in [-0.3, -0.25) is 5.32 Å². The third kappa shape index (κ3) is 6.71. The lowest BCUT2D eigenvalue weighted by Gasteiger charge is -2.50. The van der Waals surface area contributed by atoms with Crippen molar-refractivity contribution in [2.45, 2.75) is 50.7 Å². The van der Waals surface area contributed by atoms with E-state index in [-0.39, 0.29) is 43.2 Å². The molecule has 4 rings (SSSR count). The van der Waals surface area contributed by atoms with Crippen molar-refractivity contribution in [3.8, 4) is 0 Å². The van der Waals surface area contributed by atoms with Crippen LogP contribution in [0.4, 0.5) is 42.5 Å². The number of alkyl halides is 6. The third-order valence-corrected chi connectivity index (χ3v) is 7.50. The minimum atomic E-state index is -4.62. The van der Waals surface area contributed by atoms with E-state index in [1.807, 2.05) is 0 Å². The van der Waals surface area contributed by atoms with E-state index >= 15 is 0 Å². The number of benzene rings is 3. The zero-order chi connectivity index (χ0) is 30.9. The molecule has 226 valence electrons. The summed E-state index contributed by atoms with van der Waals surface area (Å²) in [6.07, 6.45) is -9.93. The largest absolute Gasteiger partial charge is 0.627 e. The van der Waals surface area contributed by atoms with Crippen molar-refractivity contribution in [3.05, 3.63) is 100 Å². The van der Waals surface area contributed by atoms with E-state index in [1.165, 1.54) is 0 Å². The van der Waals surface area contributed by atoms with Crippen LogP contribution in [0.15, 0.2) is 72.8 Å². The average Bonchev–Trinajstić information content (AvgIpc) is 2.92. The van der Waals surface area contributed by atoms with E-state index < -0.39 is 45.7 Å². The van der Waals surface area contributed by atoms with Crippen LogP contribution in [0, 0.1) is 11.1 Å². The number of hydrogen-bond acceptors (Lipinski definition) is 4. The van der Waals surface area contributed by atoms with Gasteiger partial charge in [0.2, 0.25) is 0 Å². The molecule has 0 spiro atoms. The molecule has 42 heavy (non-hydrogen) atoms. The molecule has 2 N–H and O–H groups in total. The molecule has 1 saturated heterocycles. The van der Waals surface area contributed by atoms with Crippen LogP contribution in [0.1, 0.15) is 48.9 Å². The van der Waals surface area contributed by atoms with Gasteiger partial charge in [-0.1, -0.05) is 24.3 Å². The Balaban J connectivity index is 1.59. The number of hydroxylamine groups is 2. The first-order valence-corrected chi connectivity index (χ1v) is 13.3. The van der Waals surface area contributed by atoms with Gasteiger partial charge in [0.1, 0.15) is 11.3 Å². The SMILES string of the molecule is CC(C)OC(=O)Nc1ccc([N+]2([O-])CCC(C(O)(c3ccc(C(F)(F)F)cc3)c3ccc(C(F)(F)F)cc3)CC2)cc1. The van der Waals surface area contributed by atoms with Gasteiger partial charge in [-0.15, -0.1) is 0 Å². The van der Waals surface area contributed by atoms with Crippen molar-refractivity contribution >= 4 is 17.5 Å². The lowest BCUT2D eigenvalue weighted by atomic mass is 9.71. The fraction of sp³-hybridized carbons (Fsp3) is 0.367. The quantitative estimate of drug-likeness (QED) is 0.173. The molecule has 1 aliphatic rings. The molecule has 1 aliphatic heterocycles. The minimum Gasteiger partial charge on any atom is -0.627 e. The Hall–Kier alpha value is -3.61. The molecule has 0 bridgehead atoms. The Morgan fingerprint density at radius 1 is 0.810 bits per heavy atom. The average molecular weight is 597 g/mol. The number of carbonyl (C=O) groups excluding carboxylic acids is 1. The summed E-state index contributed by atoms with van der Waals surface area (Å²) in [5.41, 5.74) is -2.85. The number of anilines is 1. The highest BCUT2D eigenvalue weighted by Gasteiger charge is 2.45. The lowest BCUT2D eigenvalue weighted by Crippen LogP contribution is -2.53. The van der Waals surface area contributed by atoms with Crippen molar-refractivity contribution in [1.82, 2.24) is 4.65 Å². The Morgan fingerprint density at radius 3 is 1.60 bits per heavy atom. The van der Waals surface area contributed by atoms with Gasteiger partial charge in [0, 0.05) is 36.6 Å². The van der Waals surface area contributed by atoms with Gasteiger partial charge >= 0.3 is 18.4 Å². The number of halogens is 6. The maximum atomic E-state index is 13.8. The van der Waals surface area contributed by atoms with Crippen molar-refractivity contribution in [3.63, 3.8) is 0 Å². The summed E-state index contributed by atoms with van der Waals surface area (Å²) >= 11 is 0. The highest BCUT2D eigenvalue weighted by Crippen LogP contribution is 2.45. The van der Waals surface area contributed by atoms with E-state index in [2.05, 4.69) is 5.32 Å². The van der Waals surface area contributed by atoms with Crippen LogP contribution in [0.3, 0.4) is 0 Å². The highest BCUT2D eigenvalue weighted by atomic mass is 19.4. The molecule has 3 aromatic rings. The fourth-order valence-corrected chi connectivity index (χ4v) is 5.30. The van der Waals surface area contributed by atoms with Crippen LogP contribution < -0.4 is 9.96 Å². The zero-order valence-corrected chi connectivity index (χ0v) is 22.8. The maximum Gasteiger partial charge on any atom is 0.416 e. The summed E-state index contributed by atoms with van der Waals surface area (Å²) in [6.45, 7) is 3.40. The van der Waals surface area contributed by atoms with Crippen molar-refractivity contribution in [1.29, 1.82) is 0 Å². The molecule has 6 nitrogen and oxygen atoms in total. The molecular formula is C30H30F6N2O4. The molecule has 0 saturated carbocycles. The van der Waals surface area contributed by atoms with Gasteiger partial charge in [0.05, 0.1) is 30.3 Å². The topological polar surface area (TPSA) is 81.6 Å². The molecule has 3 aromatic carbocycles. The summed E-state index contributed by atoms with van der Waals surface area (Å²) in [4.78, 5) is 11.8. The smallest absolute Gasteiger partial charge is 0.416 e. The lowest BCUT2D eigenvalue weighted by molar-refractivity contribution is -0.138. The highest BCUT2D eigenvalue weighted by molar-refractivity contribution is 5.84. The Kier molecular flexibility index (Phi) is 8.64. The van der Waals surface area contributed by atoms with Crippen LogP contribution in [0.25, 0.3) is 0 Å². The molecule has 12 heteroatoms.